The molecule has 1 saturated heterocycles. The van der Waals surface area contributed by atoms with E-state index in [4.69, 9.17) is 0 Å². The zero-order valence-electron chi connectivity index (χ0n) is 12.7. The fraction of sp³-hybridized carbons (Fsp3) is 0.867. The zero-order chi connectivity index (χ0) is 14.7. The number of amides is 2. The normalized spacial score (nSPS) is 30.9. The van der Waals surface area contributed by atoms with E-state index in [1.54, 1.807) is 16.7 Å². The Hall–Kier alpha value is -0.710. The summed E-state index contributed by atoms with van der Waals surface area (Å²) in [5.74, 6) is 3.10. The number of nitrogens with one attached hydrogen (secondary N) is 1. The second kappa shape index (κ2) is 6.83. The van der Waals surface area contributed by atoms with E-state index < -0.39 is 0 Å². The summed E-state index contributed by atoms with van der Waals surface area (Å²) in [6, 6.07) is 0.275. The lowest BCUT2D eigenvalue weighted by Gasteiger charge is -2.38. The van der Waals surface area contributed by atoms with E-state index >= 15 is 0 Å². The Morgan fingerprint density at radius 2 is 2.20 bits per heavy atom. The Kier molecular flexibility index (Phi) is 5.35. The summed E-state index contributed by atoms with van der Waals surface area (Å²) < 4.78 is 0. The highest BCUT2D eigenvalue weighted by atomic mass is 32.2. The molecule has 4 nitrogen and oxygen atoms in total. The molecule has 0 spiro atoms. The van der Waals surface area contributed by atoms with Crippen LogP contribution in [0.25, 0.3) is 0 Å². The fourth-order valence-electron chi connectivity index (χ4n) is 3.33. The van der Waals surface area contributed by atoms with Gasteiger partial charge in [0.1, 0.15) is 6.54 Å². The molecule has 1 saturated carbocycles. The van der Waals surface area contributed by atoms with Crippen LogP contribution in [0.3, 0.4) is 0 Å². The highest BCUT2D eigenvalue weighted by Gasteiger charge is 2.32. The van der Waals surface area contributed by atoms with Crippen LogP contribution in [0, 0.1) is 17.8 Å². The third-order valence-electron chi connectivity index (χ3n) is 4.53. The minimum atomic E-state index is 0.00519. The molecule has 5 heteroatoms. The Balaban J connectivity index is 1.88. The molecule has 0 radical (unpaired) electrons. The van der Waals surface area contributed by atoms with E-state index in [9.17, 15) is 9.59 Å². The van der Waals surface area contributed by atoms with E-state index in [2.05, 4.69) is 26.1 Å². The van der Waals surface area contributed by atoms with Gasteiger partial charge in [0.05, 0.1) is 11.6 Å². The molecule has 20 heavy (non-hydrogen) atoms. The number of hydrogen-bond acceptors (Lipinski definition) is 3. The SMILES string of the molecule is CC(C)[C@@H]1CC[C@@H](C)C[C@H]1NC(=O)CN1CSCC1=O. The predicted octanol–water partition coefficient (Wildman–Crippen LogP) is 2.10. The molecule has 0 aromatic heterocycles. The Morgan fingerprint density at radius 1 is 1.45 bits per heavy atom. The van der Waals surface area contributed by atoms with Gasteiger partial charge in [-0.3, -0.25) is 9.59 Å². The number of thioether (sulfide) groups is 1. The van der Waals surface area contributed by atoms with E-state index in [0.717, 1.165) is 6.42 Å². The summed E-state index contributed by atoms with van der Waals surface area (Å²) in [4.78, 5) is 25.4. The van der Waals surface area contributed by atoms with Crippen molar-refractivity contribution >= 4 is 23.6 Å². The highest BCUT2D eigenvalue weighted by Crippen LogP contribution is 2.33. The lowest BCUT2D eigenvalue weighted by molar-refractivity contribution is -0.133. The largest absolute Gasteiger partial charge is 0.352 e. The molecule has 1 aliphatic carbocycles. The van der Waals surface area contributed by atoms with Gasteiger partial charge in [0.2, 0.25) is 11.8 Å². The monoisotopic (exact) mass is 298 g/mol. The molecular weight excluding hydrogens is 272 g/mol. The van der Waals surface area contributed by atoms with Gasteiger partial charge in [-0.05, 0) is 30.6 Å². The molecular formula is C15H26N2O2S. The molecule has 1 heterocycles. The van der Waals surface area contributed by atoms with Crippen LogP contribution in [0.4, 0.5) is 0 Å². The van der Waals surface area contributed by atoms with Crippen LogP contribution in [0.5, 0.6) is 0 Å². The van der Waals surface area contributed by atoms with Gasteiger partial charge in [0, 0.05) is 6.04 Å². The van der Waals surface area contributed by atoms with Crippen LogP contribution in [0.15, 0.2) is 0 Å². The van der Waals surface area contributed by atoms with Gasteiger partial charge in [-0.1, -0.05) is 27.2 Å². The maximum absolute atomic E-state index is 12.2. The molecule has 1 N–H and O–H groups in total. The number of rotatable bonds is 4. The van der Waals surface area contributed by atoms with Gasteiger partial charge in [-0.25, -0.2) is 0 Å². The number of nitrogens with zero attached hydrogens (tertiary/aromatic N) is 1. The van der Waals surface area contributed by atoms with E-state index in [-0.39, 0.29) is 24.4 Å². The van der Waals surface area contributed by atoms with E-state index in [1.165, 1.54) is 12.8 Å². The third kappa shape index (κ3) is 3.90. The first-order valence-electron chi connectivity index (χ1n) is 7.62. The van der Waals surface area contributed by atoms with Gasteiger partial charge in [0.25, 0.3) is 0 Å². The average molecular weight is 298 g/mol. The highest BCUT2D eigenvalue weighted by molar-refractivity contribution is 8.00. The van der Waals surface area contributed by atoms with Crippen LogP contribution in [-0.2, 0) is 9.59 Å². The first-order valence-corrected chi connectivity index (χ1v) is 8.77. The first kappa shape index (κ1) is 15.7. The summed E-state index contributed by atoms with van der Waals surface area (Å²) in [5.41, 5.74) is 0. The summed E-state index contributed by atoms with van der Waals surface area (Å²) >= 11 is 1.58. The standard InChI is InChI=1S/C15H26N2O2S/c1-10(2)12-5-4-11(3)6-13(12)16-14(18)7-17-9-20-8-15(17)19/h10-13H,4-9H2,1-3H3,(H,16,18)/t11-,12+,13-/m1/s1. The molecule has 2 fully saturated rings. The quantitative estimate of drug-likeness (QED) is 0.864. The minimum Gasteiger partial charge on any atom is -0.352 e. The molecule has 0 bridgehead atoms. The van der Waals surface area contributed by atoms with Gasteiger partial charge >= 0.3 is 0 Å². The van der Waals surface area contributed by atoms with Crippen LogP contribution in [-0.4, -0.2) is 40.9 Å². The minimum absolute atomic E-state index is 0.00519. The van der Waals surface area contributed by atoms with Gasteiger partial charge < -0.3 is 10.2 Å². The van der Waals surface area contributed by atoms with Crippen molar-refractivity contribution in [3.63, 3.8) is 0 Å². The zero-order valence-corrected chi connectivity index (χ0v) is 13.5. The molecule has 2 aliphatic rings. The topological polar surface area (TPSA) is 49.4 Å². The van der Waals surface area contributed by atoms with Gasteiger partial charge in [-0.15, -0.1) is 11.8 Å². The molecule has 0 unspecified atom stereocenters. The van der Waals surface area contributed by atoms with Gasteiger partial charge in [-0.2, -0.15) is 0 Å². The van der Waals surface area contributed by atoms with Crippen molar-refractivity contribution in [1.82, 2.24) is 10.2 Å². The summed E-state index contributed by atoms with van der Waals surface area (Å²) in [6.45, 7) is 6.96. The van der Waals surface area contributed by atoms with Crippen molar-refractivity contribution in [3.05, 3.63) is 0 Å². The molecule has 2 rings (SSSR count). The van der Waals surface area contributed by atoms with Crippen LogP contribution in [0.2, 0.25) is 0 Å². The van der Waals surface area contributed by atoms with Crippen LogP contribution in [0.1, 0.15) is 40.0 Å². The van der Waals surface area contributed by atoms with Crippen molar-refractivity contribution in [3.8, 4) is 0 Å². The van der Waals surface area contributed by atoms with Gasteiger partial charge in [0.15, 0.2) is 0 Å². The summed E-state index contributed by atoms with van der Waals surface area (Å²) in [5, 5.41) is 3.19. The maximum atomic E-state index is 12.2. The number of carbonyl (C=O) groups excluding carboxylic acids is 2. The molecule has 2 amide bonds. The van der Waals surface area contributed by atoms with Crippen molar-refractivity contribution in [2.45, 2.75) is 46.1 Å². The predicted molar refractivity (Wildman–Crippen MR) is 82.3 cm³/mol. The first-order chi connectivity index (χ1) is 9.47. The van der Waals surface area contributed by atoms with Crippen molar-refractivity contribution in [1.29, 1.82) is 0 Å². The molecule has 0 aromatic rings. The van der Waals surface area contributed by atoms with Crippen LogP contribution >= 0.6 is 11.8 Å². The smallest absolute Gasteiger partial charge is 0.239 e. The fourth-order valence-corrected chi connectivity index (χ4v) is 4.24. The third-order valence-corrected chi connectivity index (χ3v) is 5.47. The van der Waals surface area contributed by atoms with E-state index in [0.29, 0.717) is 29.4 Å². The number of hydrogen-bond donors (Lipinski definition) is 1. The van der Waals surface area contributed by atoms with Crippen molar-refractivity contribution in [2.75, 3.05) is 18.2 Å². The average Bonchev–Trinajstić information content (AvgIpc) is 2.74. The Bertz CT molecular complexity index is 373. The Morgan fingerprint density at radius 3 is 2.80 bits per heavy atom. The maximum Gasteiger partial charge on any atom is 0.239 e. The van der Waals surface area contributed by atoms with Crippen LogP contribution < -0.4 is 5.32 Å². The molecule has 114 valence electrons. The summed E-state index contributed by atoms with van der Waals surface area (Å²) in [7, 11) is 0. The van der Waals surface area contributed by atoms with Crippen molar-refractivity contribution < 1.29 is 9.59 Å². The number of carbonyl (C=O) groups is 2. The van der Waals surface area contributed by atoms with E-state index in [1.807, 2.05) is 0 Å². The second-order valence-corrected chi connectivity index (χ2v) is 7.52. The summed E-state index contributed by atoms with van der Waals surface area (Å²) in [6.07, 6.45) is 3.52. The lowest BCUT2D eigenvalue weighted by atomic mass is 9.74. The second-order valence-electron chi connectivity index (χ2n) is 6.57. The Labute approximate surface area is 126 Å². The lowest BCUT2D eigenvalue weighted by Crippen LogP contribution is -2.48. The molecule has 3 atom stereocenters. The van der Waals surface area contributed by atoms with Crippen molar-refractivity contribution in [2.24, 2.45) is 17.8 Å². The molecule has 1 aliphatic heterocycles. The molecule has 0 aromatic carbocycles.